The molecular formula is C12H20N2O4. The van der Waals surface area contributed by atoms with Gasteiger partial charge in [0.2, 0.25) is 0 Å². The second-order valence-electron chi connectivity index (χ2n) is 4.96. The van der Waals surface area contributed by atoms with E-state index in [-0.39, 0.29) is 18.2 Å². The third-order valence-electron chi connectivity index (χ3n) is 3.70. The molecule has 0 aromatic rings. The van der Waals surface area contributed by atoms with Crippen molar-refractivity contribution in [3.8, 4) is 0 Å². The number of hydrogen-bond acceptors (Lipinski definition) is 3. The summed E-state index contributed by atoms with van der Waals surface area (Å²) in [6, 6.07) is -1.04. The first-order valence-electron chi connectivity index (χ1n) is 6.51. The van der Waals surface area contributed by atoms with E-state index in [1.807, 2.05) is 0 Å². The third-order valence-corrected chi connectivity index (χ3v) is 3.70. The van der Waals surface area contributed by atoms with Crippen LogP contribution in [0.5, 0.6) is 0 Å². The van der Waals surface area contributed by atoms with Gasteiger partial charge in [-0.15, -0.1) is 0 Å². The van der Waals surface area contributed by atoms with Crippen LogP contribution in [0.1, 0.15) is 32.6 Å². The number of carbonyl (C=O) groups excluding carboxylic acids is 1. The van der Waals surface area contributed by atoms with Crippen LogP contribution < -0.4 is 5.32 Å². The Morgan fingerprint density at radius 1 is 1.39 bits per heavy atom. The summed E-state index contributed by atoms with van der Waals surface area (Å²) in [4.78, 5) is 24.5. The topological polar surface area (TPSA) is 78.9 Å². The largest absolute Gasteiger partial charge is 0.480 e. The van der Waals surface area contributed by atoms with E-state index in [0.29, 0.717) is 13.2 Å². The number of nitrogens with zero attached hydrogens (tertiary/aromatic N) is 1. The molecule has 0 spiro atoms. The molecule has 0 aromatic carbocycles. The molecular weight excluding hydrogens is 236 g/mol. The molecule has 2 aliphatic rings. The normalized spacial score (nSPS) is 29.3. The monoisotopic (exact) mass is 256 g/mol. The highest BCUT2D eigenvalue weighted by Gasteiger charge is 2.37. The van der Waals surface area contributed by atoms with Gasteiger partial charge in [0.05, 0.1) is 18.8 Å². The SMILES string of the molecule is C[C@H](NC(=O)N1CCOC2CCCCC21)C(=O)O. The van der Waals surface area contributed by atoms with Crippen molar-refractivity contribution < 1.29 is 19.4 Å². The smallest absolute Gasteiger partial charge is 0.325 e. The lowest BCUT2D eigenvalue weighted by Crippen LogP contribution is -2.58. The summed E-state index contributed by atoms with van der Waals surface area (Å²) < 4.78 is 5.68. The Balaban J connectivity index is 1.97. The van der Waals surface area contributed by atoms with Crippen molar-refractivity contribution in [1.82, 2.24) is 10.2 Å². The summed E-state index contributed by atoms with van der Waals surface area (Å²) in [7, 11) is 0. The van der Waals surface area contributed by atoms with E-state index in [2.05, 4.69) is 5.32 Å². The van der Waals surface area contributed by atoms with Crippen LogP contribution in [0.3, 0.4) is 0 Å². The van der Waals surface area contributed by atoms with Gasteiger partial charge >= 0.3 is 12.0 Å². The highest BCUT2D eigenvalue weighted by atomic mass is 16.5. The Hall–Kier alpha value is -1.30. The lowest BCUT2D eigenvalue weighted by atomic mass is 9.90. The fourth-order valence-corrected chi connectivity index (χ4v) is 2.68. The summed E-state index contributed by atoms with van der Waals surface area (Å²) >= 11 is 0. The minimum Gasteiger partial charge on any atom is -0.480 e. The highest BCUT2D eigenvalue weighted by Crippen LogP contribution is 2.28. The minimum absolute atomic E-state index is 0.105. The lowest BCUT2D eigenvalue weighted by Gasteiger charge is -2.43. The van der Waals surface area contributed by atoms with Crippen molar-refractivity contribution in [3.63, 3.8) is 0 Å². The quantitative estimate of drug-likeness (QED) is 0.766. The number of carbonyl (C=O) groups is 2. The van der Waals surface area contributed by atoms with Crippen LogP contribution in [0, 0.1) is 0 Å². The number of carboxylic acid groups (broad SMARTS) is 1. The van der Waals surface area contributed by atoms with Gasteiger partial charge in [-0.3, -0.25) is 4.79 Å². The molecule has 0 aromatic heterocycles. The van der Waals surface area contributed by atoms with Crippen LogP contribution in [0.25, 0.3) is 0 Å². The summed E-state index contributed by atoms with van der Waals surface area (Å²) in [5.74, 6) is -1.02. The molecule has 2 rings (SSSR count). The van der Waals surface area contributed by atoms with E-state index in [1.54, 1.807) is 4.90 Å². The molecule has 1 saturated carbocycles. The number of aliphatic carboxylic acids is 1. The maximum absolute atomic E-state index is 12.1. The second kappa shape index (κ2) is 5.56. The molecule has 0 bridgehead atoms. The summed E-state index contributed by atoms with van der Waals surface area (Å²) in [6.07, 6.45) is 4.30. The molecule has 2 unspecified atom stereocenters. The van der Waals surface area contributed by atoms with Gasteiger partial charge in [-0.2, -0.15) is 0 Å². The van der Waals surface area contributed by atoms with E-state index >= 15 is 0 Å². The number of nitrogens with one attached hydrogen (secondary N) is 1. The standard InChI is InChI=1S/C12H20N2O4/c1-8(11(15)16)13-12(17)14-6-7-18-10-5-3-2-4-9(10)14/h8-10H,2-7H2,1H3,(H,13,17)(H,15,16)/t8-,9?,10?/m0/s1. The number of morpholine rings is 1. The molecule has 102 valence electrons. The Morgan fingerprint density at radius 3 is 2.83 bits per heavy atom. The molecule has 6 nitrogen and oxygen atoms in total. The van der Waals surface area contributed by atoms with Gasteiger partial charge in [0.25, 0.3) is 0 Å². The zero-order chi connectivity index (χ0) is 13.1. The first-order chi connectivity index (χ1) is 8.59. The average Bonchev–Trinajstić information content (AvgIpc) is 2.37. The van der Waals surface area contributed by atoms with E-state index in [4.69, 9.17) is 9.84 Å². The van der Waals surface area contributed by atoms with E-state index in [0.717, 1.165) is 25.7 Å². The van der Waals surface area contributed by atoms with Crippen molar-refractivity contribution in [2.75, 3.05) is 13.2 Å². The fourth-order valence-electron chi connectivity index (χ4n) is 2.68. The van der Waals surface area contributed by atoms with Gasteiger partial charge in [-0.1, -0.05) is 12.8 Å². The zero-order valence-corrected chi connectivity index (χ0v) is 10.6. The predicted octanol–water partition coefficient (Wildman–Crippen LogP) is 0.812. The Labute approximate surface area is 106 Å². The Bertz CT molecular complexity index is 332. The van der Waals surface area contributed by atoms with Gasteiger partial charge in [-0.25, -0.2) is 4.79 Å². The highest BCUT2D eigenvalue weighted by molar-refractivity contribution is 5.82. The van der Waals surface area contributed by atoms with Crippen LogP contribution >= 0.6 is 0 Å². The van der Waals surface area contributed by atoms with Gasteiger partial charge in [0.15, 0.2) is 0 Å². The Kier molecular flexibility index (Phi) is 4.06. The summed E-state index contributed by atoms with van der Waals surface area (Å²) in [5.41, 5.74) is 0. The van der Waals surface area contributed by atoms with Crippen LogP contribution in [0.4, 0.5) is 4.79 Å². The van der Waals surface area contributed by atoms with Gasteiger partial charge in [0.1, 0.15) is 6.04 Å². The number of rotatable bonds is 2. The first-order valence-corrected chi connectivity index (χ1v) is 6.51. The van der Waals surface area contributed by atoms with Crippen LogP contribution in [-0.4, -0.2) is 53.3 Å². The molecule has 1 saturated heterocycles. The van der Waals surface area contributed by atoms with E-state index in [9.17, 15) is 9.59 Å². The summed E-state index contributed by atoms with van der Waals surface area (Å²) in [6.45, 7) is 2.55. The molecule has 2 N–H and O–H groups in total. The second-order valence-corrected chi connectivity index (χ2v) is 4.96. The maximum Gasteiger partial charge on any atom is 0.325 e. The lowest BCUT2D eigenvalue weighted by molar-refractivity contribution is -0.138. The number of ether oxygens (including phenoxy) is 1. The number of urea groups is 1. The molecule has 18 heavy (non-hydrogen) atoms. The molecule has 1 aliphatic carbocycles. The maximum atomic E-state index is 12.1. The number of amides is 2. The van der Waals surface area contributed by atoms with E-state index < -0.39 is 12.0 Å². The molecule has 6 heteroatoms. The van der Waals surface area contributed by atoms with Crippen molar-refractivity contribution in [3.05, 3.63) is 0 Å². The van der Waals surface area contributed by atoms with Crippen molar-refractivity contribution in [2.45, 2.75) is 50.8 Å². The fraction of sp³-hybridized carbons (Fsp3) is 0.833. The molecule has 3 atom stereocenters. The third kappa shape index (κ3) is 2.75. The van der Waals surface area contributed by atoms with Gasteiger partial charge < -0.3 is 20.1 Å². The molecule has 1 heterocycles. The molecule has 2 fully saturated rings. The molecule has 0 radical (unpaired) electrons. The van der Waals surface area contributed by atoms with Crippen molar-refractivity contribution >= 4 is 12.0 Å². The predicted molar refractivity (Wildman–Crippen MR) is 64.3 cm³/mol. The Morgan fingerprint density at radius 2 is 2.11 bits per heavy atom. The molecule has 2 amide bonds. The van der Waals surface area contributed by atoms with Crippen molar-refractivity contribution in [2.24, 2.45) is 0 Å². The van der Waals surface area contributed by atoms with Crippen LogP contribution in [0.2, 0.25) is 0 Å². The van der Waals surface area contributed by atoms with Crippen molar-refractivity contribution in [1.29, 1.82) is 0 Å². The van der Waals surface area contributed by atoms with Gasteiger partial charge in [-0.05, 0) is 19.8 Å². The number of hydrogen-bond donors (Lipinski definition) is 2. The molecule has 1 aliphatic heterocycles. The summed E-state index contributed by atoms with van der Waals surface area (Å²) in [5, 5.41) is 11.3. The van der Waals surface area contributed by atoms with Crippen LogP contribution in [-0.2, 0) is 9.53 Å². The zero-order valence-electron chi connectivity index (χ0n) is 10.6. The van der Waals surface area contributed by atoms with E-state index in [1.165, 1.54) is 6.92 Å². The van der Waals surface area contributed by atoms with Crippen LogP contribution in [0.15, 0.2) is 0 Å². The van der Waals surface area contributed by atoms with Gasteiger partial charge in [0, 0.05) is 6.54 Å². The number of fused-ring (bicyclic) bond motifs is 1. The first kappa shape index (κ1) is 13.1. The number of carboxylic acids is 1. The average molecular weight is 256 g/mol. The minimum atomic E-state index is -1.02.